The second kappa shape index (κ2) is 4.79. The van der Waals surface area contributed by atoms with Crippen LogP contribution in [0, 0.1) is 5.41 Å². The summed E-state index contributed by atoms with van der Waals surface area (Å²) in [4.78, 5) is 0. The first-order chi connectivity index (χ1) is 7.69. The Balaban J connectivity index is 3.08. The number of rotatable bonds is 3. The first-order valence-corrected chi connectivity index (χ1v) is 6.14. The van der Waals surface area contributed by atoms with E-state index >= 15 is 0 Å². The molecule has 0 aromatic carbocycles. The molecule has 17 heavy (non-hydrogen) atoms. The van der Waals surface area contributed by atoms with Crippen LogP contribution in [0.3, 0.4) is 0 Å². The smallest absolute Gasteiger partial charge is 0.0981 e. The van der Waals surface area contributed by atoms with Crippen LogP contribution in [0.15, 0.2) is 36.0 Å². The average molecular weight is 236 g/mol. The number of aliphatic hydroxyl groups excluding tert-OH is 1. The lowest BCUT2D eigenvalue weighted by Crippen LogP contribution is -2.27. The second-order valence-electron chi connectivity index (χ2n) is 5.80. The first-order valence-electron chi connectivity index (χ1n) is 6.14. The molecule has 0 fully saturated rings. The van der Waals surface area contributed by atoms with E-state index in [1.54, 1.807) is 13.0 Å². The second-order valence-corrected chi connectivity index (χ2v) is 5.80. The molecule has 0 aromatic rings. The third kappa shape index (κ3) is 3.30. The lowest BCUT2D eigenvalue weighted by atomic mass is 9.71. The van der Waals surface area contributed by atoms with Crippen molar-refractivity contribution < 1.29 is 10.2 Å². The van der Waals surface area contributed by atoms with Crippen molar-refractivity contribution in [2.24, 2.45) is 5.41 Å². The number of allylic oxidation sites excluding steroid dienone is 2. The molecule has 2 N–H and O–H groups in total. The quantitative estimate of drug-likeness (QED) is 0.740. The molecule has 1 aliphatic rings. The molecule has 0 heterocycles. The molecule has 0 aromatic heterocycles. The van der Waals surface area contributed by atoms with Gasteiger partial charge in [-0.3, -0.25) is 0 Å². The van der Waals surface area contributed by atoms with Crippen LogP contribution in [-0.2, 0) is 0 Å². The van der Waals surface area contributed by atoms with Gasteiger partial charge in [0.15, 0.2) is 0 Å². The maximum atomic E-state index is 9.89. The van der Waals surface area contributed by atoms with E-state index < -0.39 is 5.60 Å². The van der Waals surface area contributed by atoms with Crippen molar-refractivity contribution in [1.82, 2.24) is 0 Å². The van der Waals surface area contributed by atoms with Crippen molar-refractivity contribution in [2.75, 3.05) is 0 Å². The summed E-state index contributed by atoms with van der Waals surface area (Å²) in [5.41, 5.74) is 1.19. The van der Waals surface area contributed by atoms with Crippen molar-refractivity contribution in [3.63, 3.8) is 0 Å². The molecular weight excluding hydrogens is 212 g/mol. The molecule has 0 radical (unpaired) electrons. The number of aliphatic hydroxyl groups is 2. The van der Waals surface area contributed by atoms with E-state index in [-0.39, 0.29) is 11.5 Å². The van der Waals surface area contributed by atoms with E-state index in [0.29, 0.717) is 0 Å². The third-order valence-electron chi connectivity index (χ3n) is 3.70. The minimum absolute atomic E-state index is 0.0526. The van der Waals surface area contributed by atoms with Gasteiger partial charge in [0.25, 0.3) is 0 Å². The molecule has 0 saturated heterocycles. The molecule has 1 rings (SSSR count). The molecule has 2 unspecified atom stereocenters. The summed E-state index contributed by atoms with van der Waals surface area (Å²) in [5.74, 6) is 0. The Morgan fingerprint density at radius 3 is 2.59 bits per heavy atom. The highest BCUT2D eigenvalue weighted by Crippen LogP contribution is 2.41. The van der Waals surface area contributed by atoms with Crippen LogP contribution in [0.5, 0.6) is 0 Å². The van der Waals surface area contributed by atoms with E-state index in [4.69, 9.17) is 0 Å². The minimum Gasteiger partial charge on any atom is -0.389 e. The highest BCUT2D eigenvalue weighted by atomic mass is 16.3. The SMILES string of the molecule is C=CC(C)(O)C=CC1=C(C)C(O)CCC1(C)C. The molecule has 0 saturated carbocycles. The summed E-state index contributed by atoms with van der Waals surface area (Å²) < 4.78 is 0. The van der Waals surface area contributed by atoms with Gasteiger partial charge in [-0.1, -0.05) is 32.6 Å². The van der Waals surface area contributed by atoms with Gasteiger partial charge in [0.2, 0.25) is 0 Å². The lowest BCUT2D eigenvalue weighted by Gasteiger charge is -2.35. The molecule has 0 spiro atoms. The molecule has 1 aliphatic carbocycles. The topological polar surface area (TPSA) is 40.5 Å². The van der Waals surface area contributed by atoms with E-state index in [1.165, 1.54) is 6.08 Å². The van der Waals surface area contributed by atoms with Crippen LogP contribution < -0.4 is 0 Å². The van der Waals surface area contributed by atoms with Gasteiger partial charge in [-0.15, -0.1) is 0 Å². The predicted molar refractivity (Wildman–Crippen MR) is 71.7 cm³/mol. The van der Waals surface area contributed by atoms with Crippen LogP contribution in [0.4, 0.5) is 0 Å². The van der Waals surface area contributed by atoms with Gasteiger partial charge in [0.05, 0.1) is 11.7 Å². The van der Waals surface area contributed by atoms with E-state index in [2.05, 4.69) is 20.4 Å². The molecule has 0 aliphatic heterocycles. The highest BCUT2D eigenvalue weighted by Gasteiger charge is 2.31. The molecule has 2 atom stereocenters. The van der Waals surface area contributed by atoms with Crippen LogP contribution >= 0.6 is 0 Å². The zero-order chi connectivity index (χ0) is 13.3. The predicted octanol–water partition coefficient (Wildman–Crippen LogP) is 2.98. The summed E-state index contributed by atoms with van der Waals surface area (Å²) in [5, 5.41) is 19.8. The Morgan fingerprint density at radius 1 is 1.47 bits per heavy atom. The maximum Gasteiger partial charge on any atom is 0.0981 e. The van der Waals surface area contributed by atoms with Crippen molar-refractivity contribution in [3.8, 4) is 0 Å². The molecule has 2 nitrogen and oxygen atoms in total. The van der Waals surface area contributed by atoms with Crippen molar-refractivity contribution in [3.05, 3.63) is 36.0 Å². The Bertz CT molecular complexity index is 359. The minimum atomic E-state index is -0.994. The molecule has 0 amide bonds. The zero-order valence-electron chi connectivity index (χ0n) is 11.3. The molecular formula is C15H24O2. The van der Waals surface area contributed by atoms with Gasteiger partial charge in [-0.25, -0.2) is 0 Å². The monoisotopic (exact) mass is 236 g/mol. The van der Waals surface area contributed by atoms with Crippen LogP contribution in [0.1, 0.15) is 40.5 Å². The van der Waals surface area contributed by atoms with Gasteiger partial charge < -0.3 is 10.2 Å². The van der Waals surface area contributed by atoms with Gasteiger partial charge in [0.1, 0.15) is 0 Å². The van der Waals surface area contributed by atoms with Gasteiger partial charge in [0, 0.05) is 0 Å². The summed E-state index contributed by atoms with van der Waals surface area (Å²) in [6.07, 6.45) is 6.59. The Hall–Kier alpha value is -0.860. The Morgan fingerprint density at radius 2 is 2.06 bits per heavy atom. The third-order valence-corrected chi connectivity index (χ3v) is 3.70. The summed E-state index contributed by atoms with van der Waals surface area (Å²) in [6.45, 7) is 11.6. The van der Waals surface area contributed by atoms with Crippen molar-refractivity contribution >= 4 is 0 Å². The summed E-state index contributed by atoms with van der Waals surface area (Å²) in [7, 11) is 0. The number of hydrogen-bond donors (Lipinski definition) is 2. The van der Waals surface area contributed by atoms with Gasteiger partial charge >= 0.3 is 0 Å². The summed E-state index contributed by atoms with van der Waals surface area (Å²) in [6, 6.07) is 0. The Labute approximate surface area is 104 Å². The lowest BCUT2D eigenvalue weighted by molar-refractivity contribution is 0.159. The fourth-order valence-electron chi connectivity index (χ4n) is 2.24. The van der Waals surface area contributed by atoms with Crippen LogP contribution in [0.2, 0.25) is 0 Å². The fourth-order valence-corrected chi connectivity index (χ4v) is 2.24. The fraction of sp³-hybridized carbons (Fsp3) is 0.600. The van der Waals surface area contributed by atoms with Crippen molar-refractivity contribution in [2.45, 2.75) is 52.2 Å². The van der Waals surface area contributed by atoms with Crippen LogP contribution in [-0.4, -0.2) is 21.9 Å². The normalized spacial score (nSPS) is 28.2. The van der Waals surface area contributed by atoms with E-state index in [9.17, 15) is 10.2 Å². The number of hydrogen-bond acceptors (Lipinski definition) is 2. The molecule has 96 valence electrons. The van der Waals surface area contributed by atoms with Gasteiger partial charge in [-0.2, -0.15) is 0 Å². The molecule has 2 heteroatoms. The standard InChI is InChI=1S/C15H24O2/c1-6-15(5,17)10-7-12-11(2)13(16)8-9-14(12,3)4/h6-7,10,13,16-17H,1,8-9H2,2-5H3. The Kier molecular flexibility index (Phi) is 4.00. The van der Waals surface area contributed by atoms with E-state index in [1.807, 2.05) is 13.0 Å². The van der Waals surface area contributed by atoms with E-state index in [0.717, 1.165) is 24.0 Å². The highest BCUT2D eigenvalue weighted by molar-refractivity contribution is 5.36. The zero-order valence-corrected chi connectivity index (χ0v) is 11.3. The summed E-state index contributed by atoms with van der Waals surface area (Å²) >= 11 is 0. The average Bonchev–Trinajstić information content (AvgIpc) is 2.24. The largest absolute Gasteiger partial charge is 0.389 e. The van der Waals surface area contributed by atoms with Gasteiger partial charge in [-0.05, 0) is 49.3 Å². The first kappa shape index (κ1) is 14.2. The van der Waals surface area contributed by atoms with Crippen molar-refractivity contribution in [1.29, 1.82) is 0 Å². The molecule has 0 bridgehead atoms. The maximum absolute atomic E-state index is 9.89. The van der Waals surface area contributed by atoms with Crippen LogP contribution in [0.25, 0.3) is 0 Å².